The Kier molecular flexibility index (Phi) is 4.42. The van der Waals surface area contributed by atoms with Gasteiger partial charge in [0.1, 0.15) is 0 Å². The van der Waals surface area contributed by atoms with E-state index in [0.29, 0.717) is 13.1 Å². The van der Waals surface area contributed by atoms with Crippen LogP contribution < -0.4 is 4.90 Å². The quantitative estimate of drug-likeness (QED) is 0.871. The molecule has 2 amide bonds. The SMILES string of the molecule is CN(Cc1ccccc1)C(=O)[C@H]1CC(=O)N(c2ccccc2)C1. The monoisotopic (exact) mass is 308 g/mol. The van der Waals surface area contributed by atoms with Gasteiger partial charge in [0.2, 0.25) is 11.8 Å². The molecule has 1 saturated heterocycles. The van der Waals surface area contributed by atoms with E-state index in [4.69, 9.17) is 0 Å². The van der Waals surface area contributed by atoms with E-state index >= 15 is 0 Å². The van der Waals surface area contributed by atoms with Crippen molar-refractivity contribution in [2.45, 2.75) is 13.0 Å². The van der Waals surface area contributed by atoms with Crippen LogP contribution in [0.5, 0.6) is 0 Å². The smallest absolute Gasteiger partial charge is 0.228 e. The molecule has 1 fully saturated rings. The predicted octanol–water partition coefficient (Wildman–Crippen LogP) is 2.70. The molecule has 1 atom stereocenters. The molecule has 0 radical (unpaired) electrons. The maximum Gasteiger partial charge on any atom is 0.228 e. The summed E-state index contributed by atoms with van der Waals surface area (Å²) in [4.78, 5) is 28.3. The van der Waals surface area contributed by atoms with Crippen molar-refractivity contribution in [2.24, 2.45) is 5.92 Å². The molecule has 0 unspecified atom stereocenters. The van der Waals surface area contributed by atoms with E-state index < -0.39 is 0 Å². The third-order valence-corrected chi connectivity index (χ3v) is 4.18. The molecule has 4 nitrogen and oxygen atoms in total. The van der Waals surface area contributed by atoms with Crippen LogP contribution in [0.25, 0.3) is 0 Å². The fraction of sp³-hybridized carbons (Fsp3) is 0.263. The maximum atomic E-state index is 12.6. The third-order valence-electron chi connectivity index (χ3n) is 4.18. The number of hydrogen-bond donors (Lipinski definition) is 0. The lowest BCUT2D eigenvalue weighted by Gasteiger charge is -2.21. The van der Waals surface area contributed by atoms with Gasteiger partial charge in [-0.3, -0.25) is 9.59 Å². The van der Waals surface area contributed by atoms with Crippen LogP contribution in [-0.2, 0) is 16.1 Å². The Morgan fingerprint density at radius 3 is 2.35 bits per heavy atom. The van der Waals surface area contributed by atoms with E-state index in [0.717, 1.165) is 11.3 Å². The maximum absolute atomic E-state index is 12.6. The number of anilines is 1. The molecule has 0 aliphatic carbocycles. The standard InChI is InChI=1S/C19H20N2O2/c1-20(13-15-8-4-2-5-9-15)19(23)16-12-18(22)21(14-16)17-10-6-3-7-11-17/h2-11,16H,12-14H2,1H3/t16-/m0/s1. The molecule has 2 aromatic carbocycles. The summed E-state index contributed by atoms with van der Waals surface area (Å²) in [5.41, 5.74) is 1.95. The summed E-state index contributed by atoms with van der Waals surface area (Å²) in [6, 6.07) is 19.4. The zero-order chi connectivity index (χ0) is 16.2. The Bertz CT molecular complexity index is 685. The normalized spacial score (nSPS) is 17.3. The van der Waals surface area contributed by atoms with Gasteiger partial charge in [-0.1, -0.05) is 48.5 Å². The average molecular weight is 308 g/mol. The highest BCUT2D eigenvalue weighted by Crippen LogP contribution is 2.26. The van der Waals surface area contributed by atoms with Gasteiger partial charge in [0, 0.05) is 32.2 Å². The fourth-order valence-corrected chi connectivity index (χ4v) is 2.98. The average Bonchev–Trinajstić information content (AvgIpc) is 2.97. The number of nitrogens with zero attached hydrogens (tertiary/aromatic N) is 2. The molecule has 118 valence electrons. The second-order valence-electron chi connectivity index (χ2n) is 5.92. The van der Waals surface area contributed by atoms with Crippen LogP contribution in [-0.4, -0.2) is 30.3 Å². The largest absolute Gasteiger partial charge is 0.341 e. The number of para-hydroxylation sites is 1. The number of carbonyl (C=O) groups excluding carboxylic acids is 2. The third kappa shape index (κ3) is 3.42. The summed E-state index contributed by atoms with van der Waals surface area (Å²) in [7, 11) is 1.80. The number of hydrogen-bond acceptors (Lipinski definition) is 2. The molecule has 2 aromatic rings. The van der Waals surface area contributed by atoms with Crippen molar-refractivity contribution in [3.63, 3.8) is 0 Å². The van der Waals surface area contributed by atoms with Crippen LogP contribution in [0.4, 0.5) is 5.69 Å². The van der Waals surface area contributed by atoms with Crippen LogP contribution in [0, 0.1) is 5.92 Å². The van der Waals surface area contributed by atoms with Crippen molar-refractivity contribution in [3.05, 3.63) is 66.2 Å². The number of rotatable bonds is 4. The molecule has 0 aromatic heterocycles. The van der Waals surface area contributed by atoms with Crippen LogP contribution in [0.1, 0.15) is 12.0 Å². The van der Waals surface area contributed by atoms with Crippen molar-refractivity contribution in [1.82, 2.24) is 4.90 Å². The first-order valence-corrected chi connectivity index (χ1v) is 7.79. The van der Waals surface area contributed by atoms with E-state index in [-0.39, 0.29) is 24.2 Å². The van der Waals surface area contributed by atoms with Gasteiger partial charge in [-0.25, -0.2) is 0 Å². The van der Waals surface area contributed by atoms with Gasteiger partial charge in [0.15, 0.2) is 0 Å². The van der Waals surface area contributed by atoms with Crippen molar-refractivity contribution in [1.29, 1.82) is 0 Å². The van der Waals surface area contributed by atoms with Gasteiger partial charge < -0.3 is 9.80 Å². The summed E-state index contributed by atoms with van der Waals surface area (Å²) < 4.78 is 0. The second kappa shape index (κ2) is 6.65. The van der Waals surface area contributed by atoms with Crippen LogP contribution in [0.15, 0.2) is 60.7 Å². The molecule has 0 N–H and O–H groups in total. The first-order chi connectivity index (χ1) is 11.1. The van der Waals surface area contributed by atoms with E-state index in [1.54, 1.807) is 16.8 Å². The minimum atomic E-state index is -0.267. The van der Waals surface area contributed by atoms with Crippen molar-refractivity contribution in [3.8, 4) is 0 Å². The number of carbonyl (C=O) groups is 2. The van der Waals surface area contributed by atoms with E-state index in [9.17, 15) is 9.59 Å². The fourth-order valence-electron chi connectivity index (χ4n) is 2.98. The number of amides is 2. The Labute approximate surface area is 136 Å². The Morgan fingerprint density at radius 2 is 1.70 bits per heavy atom. The molecule has 0 saturated carbocycles. The molecular formula is C19H20N2O2. The zero-order valence-corrected chi connectivity index (χ0v) is 13.2. The summed E-state index contributed by atoms with van der Waals surface area (Å²) in [6.45, 7) is 1.02. The predicted molar refractivity (Wildman–Crippen MR) is 89.8 cm³/mol. The van der Waals surface area contributed by atoms with Crippen LogP contribution in [0.3, 0.4) is 0 Å². The van der Waals surface area contributed by atoms with Crippen molar-refractivity contribution >= 4 is 17.5 Å². The molecule has 4 heteroatoms. The van der Waals surface area contributed by atoms with Crippen molar-refractivity contribution < 1.29 is 9.59 Å². The van der Waals surface area contributed by atoms with Gasteiger partial charge in [0.25, 0.3) is 0 Å². The lowest BCUT2D eigenvalue weighted by atomic mass is 10.1. The highest BCUT2D eigenvalue weighted by molar-refractivity contribution is 6.00. The van der Waals surface area contributed by atoms with Crippen LogP contribution in [0.2, 0.25) is 0 Å². The molecule has 1 aliphatic rings. The lowest BCUT2D eigenvalue weighted by molar-refractivity contribution is -0.135. The topological polar surface area (TPSA) is 40.6 Å². The summed E-state index contributed by atoms with van der Waals surface area (Å²) in [5, 5.41) is 0. The Hall–Kier alpha value is -2.62. The summed E-state index contributed by atoms with van der Waals surface area (Å²) in [5.74, 6) is -0.222. The second-order valence-corrected chi connectivity index (χ2v) is 5.92. The Morgan fingerprint density at radius 1 is 1.09 bits per heavy atom. The van der Waals surface area contributed by atoms with Gasteiger partial charge in [-0.2, -0.15) is 0 Å². The summed E-state index contributed by atoms with van der Waals surface area (Å²) in [6.07, 6.45) is 0.285. The summed E-state index contributed by atoms with van der Waals surface area (Å²) >= 11 is 0. The van der Waals surface area contributed by atoms with Crippen LogP contribution >= 0.6 is 0 Å². The van der Waals surface area contributed by atoms with Gasteiger partial charge in [-0.05, 0) is 17.7 Å². The lowest BCUT2D eigenvalue weighted by Crippen LogP contribution is -2.34. The minimum Gasteiger partial charge on any atom is -0.341 e. The van der Waals surface area contributed by atoms with E-state index in [2.05, 4.69) is 0 Å². The molecule has 0 spiro atoms. The van der Waals surface area contributed by atoms with E-state index in [1.165, 1.54) is 0 Å². The van der Waals surface area contributed by atoms with Gasteiger partial charge in [0.05, 0.1) is 5.92 Å². The first kappa shape index (κ1) is 15.3. The first-order valence-electron chi connectivity index (χ1n) is 7.79. The zero-order valence-electron chi connectivity index (χ0n) is 13.2. The number of benzene rings is 2. The highest BCUT2D eigenvalue weighted by Gasteiger charge is 2.36. The molecular weight excluding hydrogens is 288 g/mol. The van der Waals surface area contributed by atoms with Gasteiger partial charge >= 0.3 is 0 Å². The van der Waals surface area contributed by atoms with E-state index in [1.807, 2.05) is 60.7 Å². The van der Waals surface area contributed by atoms with Gasteiger partial charge in [-0.15, -0.1) is 0 Å². The van der Waals surface area contributed by atoms with Crippen molar-refractivity contribution in [2.75, 3.05) is 18.5 Å². The Balaban J connectivity index is 1.66. The minimum absolute atomic E-state index is 0.0164. The molecule has 1 aliphatic heterocycles. The molecule has 0 bridgehead atoms. The molecule has 1 heterocycles. The highest BCUT2D eigenvalue weighted by atomic mass is 16.2. The molecule has 23 heavy (non-hydrogen) atoms. The molecule has 3 rings (SSSR count).